The fourth-order valence-corrected chi connectivity index (χ4v) is 4.40. The van der Waals surface area contributed by atoms with Crippen LogP contribution in [-0.4, -0.2) is 33.9 Å². The van der Waals surface area contributed by atoms with Crippen molar-refractivity contribution in [1.29, 1.82) is 0 Å². The van der Waals surface area contributed by atoms with E-state index in [2.05, 4.69) is 5.32 Å². The number of amides is 1. The summed E-state index contributed by atoms with van der Waals surface area (Å²) in [5.74, 6) is 0.943. The van der Waals surface area contributed by atoms with E-state index in [0.717, 1.165) is 6.42 Å². The predicted molar refractivity (Wildman–Crippen MR) is 99.4 cm³/mol. The molecule has 7 nitrogen and oxygen atoms in total. The molecule has 26 heavy (non-hydrogen) atoms. The summed E-state index contributed by atoms with van der Waals surface area (Å²) in [4.78, 5) is 12.1. The van der Waals surface area contributed by atoms with Gasteiger partial charge >= 0.3 is 6.09 Å². The van der Waals surface area contributed by atoms with Crippen LogP contribution in [0.2, 0.25) is 0 Å². The molecular weight excluding hydrogens is 356 g/mol. The van der Waals surface area contributed by atoms with Gasteiger partial charge in [0.05, 0.1) is 18.6 Å². The number of carbonyl (C=O) groups excluding carboxylic acids is 1. The highest BCUT2D eigenvalue weighted by molar-refractivity contribution is 7.92. The van der Waals surface area contributed by atoms with Gasteiger partial charge in [0.1, 0.15) is 11.5 Å². The van der Waals surface area contributed by atoms with Gasteiger partial charge in [-0.2, -0.15) is 0 Å². The van der Waals surface area contributed by atoms with Crippen molar-refractivity contribution in [2.45, 2.75) is 12.8 Å². The first-order valence-corrected chi connectivity index (χ1v) is 9.83. The van der Waals surface area contributed by atoms with Gasteiger partial charge in [0.25, 0.3) is 0 Å². The Labute approximate surface area is 152 Å². The molecule has 0 radical (unpaired) electrons. The molecule has 1 amide bonds. The third-order valence-corrected chi connectivity index (χ3v) is 5.85. The minimum Gasteiger partial charge on any atom is -0.495 e. The lowest BCUT2D eigenvalue weighted by molar-refractivity contribution is 0.215. The van der Waals surface area contributed by atoms with Gasteiger partial charge in [0, 0.05) is 12.2 Å². The Morgan fingerprint density at radius 1 is 1.12 bits per heavy atom. The van der Waals surface area contributed by atoms with Crippen molar-refractivity contribution in [2.75, 3.05) is 29.0 Å². The van der Waals surface area contributed by atoms with Crippen LogP contribution < -0.4 is 19.1 Å². The Morgan fingerprint density at radius 2 is 1.88 bits per heavy atom. The summed E-state index contributed by atoms with van der Waals surface area (Å²) >= 11 is 0. The second kappa shape index (κ2) is 7.65. The van der Waals surface area contributed by atoms with Crippen molar-refractivity contribution in [3.8, 4) is 11.5 Å². The molecule has 2 aromatic rings. The summed E-state index contributed by atoms with van der Waals surface area (Å²) < 4.78 is 36.6. The normalized spacial score (nSPS) is 16.0. The maximum absolute atomic E-state index is 12.4. The molecule has 1 saturated heterocycles. The first kappa shape index (κ1) is 18.1. The van der Waals surface area contributed by atoms with E-state index < -0.39 is 16.1 Å². The highest BCUT2D eigenvalue weighted by Crippen LogP contribution is 2.35. The maximum Gasteiger partial charge on any atom is 0.417 e. The third-order valence-electron chi connectivity index (χ3n) is 4.00. The van der Waals surface area contributed by atoms with Crippen LogP contribution in [0.5, 0.6) is 11.5 Å². The van der Waals surface area contributed by atoms with Crippen LogP contribution in [0, 0.1) is 0 Å². The van der Waals surface area contributed by atoms with Crippen molar-refractivity contribution in [3.05, 3.63) is 48.5 Å². The Bertz CT molecular complexity index is 884. The Hall–Kier alpha value is -2.74. The molecule has 0 atom stereocenters. The van der Waals surface area contributed by atoms with Gasteiger partial charge in [-0.25, -0.2) is 13.2 Å². The minimum atomic E-state index is -3.39. The number of hydrogen-bond acceptors (Lipinski definition) is 5. The van der Waals surface area contributed by atoms with E-state index >= 15 is 0 Å². The number of sulfonamides is 1. The first-order chi connectivity index (χ1) is 12.5. The number of methoxy groups -OCH3 is 1. The van der Waals surface area contributed by atoms with Gasteiger partial charge < -0.3 is 9.47 Å². The fourth-order valence-electron chi connectivity index (χ4n) is 2.76. The second-order valence-electron chi connectivity index (χ2n) is 5.81. The zero-order valence-corrected chi connectivity index (χ0v) is 15.2. The van der Waals surface area contributed by atoms with Crippen LogP contribution in [0.4, 0.5) is 16.2 Å². The van der Waals surface area contributed by atoms with E-state index in [-0.39, 0.29) is 5.75 Å². The molecule has 8 heteroatoms. The van der Waals surface area contributed by atoms with Crippen molar-refractivity contribution in [3.63, 3.8) is 0 Å². The SMILES string of the molecule is COc1ccc(NC(=O)Oc2ccccc2)cc1N1CCCCS1(=O)=O. The molecule has 0 unspecified atom stereocenters. The number of hydrogen-bond donors (Lipinski definition) is 1. The Morgan fingerprint density at radius 3 is 2.58 bits per heavy atom. The Kier molecular flexibility index (Phi) is 5.32. The molecule has 1 heterocycles. The van der Waals surface area contributed by atoms with E-state index in [1.165, 1.54) is 11.4 Å². The standard InChI is InChI=1S/C18H20N2O5S/c1-24-17-10-9-14(19-18(21)25-15-7-3-2-4-8-15)13-16(17)20-11-5-6-12-26(20,22)23/h2-4,7-10,13H,5-6,11-12H2,1H3,(H,19,21). The molecule has 0 aromatic heterocycles. The molecule has 1 fully saturated rings. The number of para-hydroxylation sites is 1. The molecule has 0 aliphatic carbocycles. The molecule has 1 aliphatic rings. The van der Waals surface area contributed by atoms with Crippen molar-refractivity contribution in [1.82, 2.24) is 0 Å². The Balaban J connectivity index is 1.82. The van der Waals surface area contributed by atoms with Crippen molar-refractivity contribution >= 4 is 27.5 Å². The monoisotopic (exact) mass is 376 g/mol. The lowest BCUT2D eigenvalue weighted by Gasteiger charge is -2.29. The van der Waals surface area contributed by atoms with Crippen LogP contribution in [0.25, 0.3) is 0 Å². The van der Waals surface area contributed by atoms with Crippen LogP contribution in [0.15, 0.2) is 48.5 Å². The van der Waals surface area contributed by atoms with E-state index in [4.69, 9.17) is 9.47 Å². The average Bonchev–Trinajstić information content (AvgIpc) is 2.62. The fraction of sp³-hybridized carbons (Fsp3) is 0.278. The molecule has 2 aromatic carbocycles. The van der Waals surface area contributed by atoms with E-state index in [9.17, 15) is 13.2 Å². The van der Waals surface area contributed by atoms with Gasteiger partial charge in [0.15, 0.2) is 0 Å². The molecule has 1 aliphatic heterocycles. The van der Waals surface area contributed by atoms with Crippen LogP contribution in [0.1, 0.15) is 12.8 Å². The summed E-state index contributed by atoms with van der Waals surface area (Å²) in [6.07, 6.45) is 0.757. The predicted octanol–water partition coefficient (Wildman–Crippen LogP) is 3.24. The highest BCUT2D eigenvalue weighted by Gasteiger charge is 2.28. The lowest BCUT2D eigenvalue weighted by atomic mass is 10.2. The number of rotatable bonds is 4. The largest absolute Gasteiger partial charge is 0.495 e. The highest BCUT2D eigenvalue weighted by atomic mass is 32.2. The smallest absolute Gasteiger partial charge is 0.417 e. The van der Waals surface area contributed by atoms with E-state index in [1.807, 2.05) is 6.07 Å². The van der Waals surface area contributed by atoms with E-state index in [0.29, 0.717) is 35.8 Å². The third kappa shape index (κ3) is 4.08. The summed E-state index contributed by atoms with van der Waals surface area (Å²) in [6, 6.07) is 13.5. The molecule has 0 saturated carbocycles. The number of carbonyl (C=O) groups is 1. The minimum absolute atomic E-state index is 0.101. The van der Waals surface area contributed by atoms with Crippen molar-refractivity contribution < 1.29 is 22.7 Å². The zero-order valence-electron chi connectivity index (χ0n) is 14.3. The van der Waals surface area contributed by atoms with Gasteiger partial charge in [-0.05, 0) is 43.2 Å². The van der Waals surface area contributed by atoms with Crippen LogP contribution in [-0.2, 0) is 10.0 Å². The van der Waals surface area contributed by atoms with Gasteiger partial charge in [0.2, 0.25) is 10.0 Å². The molecular formula is C18H20N2O5S. The van der Waals surface area contributed by atoms with Crippen LogP contribution >= 0.6 is 0 Å². The molecule has 138 valence electrons. The number of nitrogens with zero attached hydrogens (tertiary/aromatic N) is 1. The molecule has 0 bridgehead atoms. The topological polar surface area (TPSA) is 84.9 Å². The summed E-state index contributed by atoms with van der Waals surface area (Å²) in [5.41, 5.74) is 0.826. The zero-order chi connectivity index (χ0) is 18.6. The molecule has 3 rings (SSSR count). The van der Waals surface area contributed by atoms with Crippen molar-refractivity contribution in [2.24, 2.45) is 0 Å². The molecule has 1 N–H and O–H groups in total. The second-order valence-corrected chi connectivity index (χ2v) is 7.82. The summed E-state index contributed by atoms with van der Waals surface area (Å²) in [6.45, 7) is 0.386. The quantitative estimate of drug-likeness (QED) is 0.885. The number of ether oxygens (including phenoxy) is 2. The number of nitrogens with one attached hydrogen (secondary N) is 1. The average molecular weight is 376 g/mol. The van der Waals surface area contributed by atoms with Gasteiger partial charge in [-0.15, -0.1) is 0 Å². The number of benzene rings is 2. The summed E-state index contributed by atoms with van der Waals surface area (Å²) in [7, 11) is -1.92. The van der Waals surface area contributed by atoms with E-state index in [1.54, 1.807) is 42.5 Å². The number of anilines is 2. The van der Waals surface area contributed by atoms with Gasteiger partial charge in [-0.1, -0.05) is 18.2 Å². The summed E-state index contributed by atoms with van der Waals surface area (Å²) in [5, 5.41) is 2.61. The molecule has 0 spiro atoms. The van der Waals surface area contributed by atoms with Gasteiger partial charge in [-0.3, -0.25) is 9.62 Å². The maximum atomic E-state index is 12.4. The lowest BCUT2D eigenvalue weighted by Crippen LogP contribution is -2.38. The first-order valence-electron chi connectivity index (χ1n) is 8.22. The van der Waals surface area contributed by atoms with Crippen LogP contribution in [0.3, 0.4) is 0 Å².